The molecule has 1 amide bonds. The number of carbonyl (C=O) groups is 1. The quantitative estimate of drug-likeness (QED) is 0.689. The Kier molecular flexibility index (Phi) is 7.41. The molecule has 0 saturated heterocycles. The Labute approximate surface area is 165 Å². The zero-order chi connectivity index (χ0) is 20.0. The van der Waals surface area contributed by atoms with Gasteiger partial charge in [0.2, 0.25) is 10.0 Å². The van der Waals surface area contributed by atoms with Gasteiger partial charge in [0.15, 0.2) is 0 Å². The van der Waals surface area contributed by atoms with Crippen LogP contribution in [0.4, 0.5) is 0 Å². The average Bonchev–Trinajstić information content (AvgIpc) is 3.00. The average molecular weight is 411 g/mol. The van der Waals surface area contributed by atoms with E-state index < -0.39 is 10.0 Å². The molecule has 2 aromatic rings. The molecule has 8 heteroatoms. The van der Waals surface area contributed by atoms with E-state index >= 15 is 0 Å². The van der Waals surface area contributed by atoms with E-state index in [0.29, 0.717) is 31.0 Å². The Morgan fingerprint density at radius 3 is 2.48 bits per heavy atom. The molecule has 1 aromatic carbocycles. The Bertz CT molecular complexity index is 871. The fourth-order valence-electron chi connectivity index (χ4n) is 2.59. The lowest BCUT2D eigenvalue weighted by Gasteiger charge is -2.17. The maximum Gasteiger partial charge on any atom is 0.263 e. The van der Waals surface area contributed by atoms with Crippen LogP contribution < -0.4 is 9.46 Å². The maximum atomic E-state index is 12.5. The van der Waals surface area contributed by atoms with Crippen molar-refractivity contribution < 1.29 is 17.9 Å². The molecule has 148 valence electrons. The number of amides is 1. The number of sulfonamides is 1. The number of aryl methyl sites for hydroxylation is 2. The molecule has 2 rings (SSSR count). The van der Waals surface area contributed by atoms with Gasteiger partial charge < -0.3 is 9.64 Å². The summed E-state index contributed by atoms with van der Waals surface area (Å²) in [7, 11) is -1.44. The summed E-state index contributed by atoms with van der Waals surface area (Å²) in [6, 6.07) is 9.68. The smallest absolute Gasteiger partial charge is 0.263 e. The van der Waals surface area contributed by atoms with Gasteiger partial charge in [-0.15, -0.1) is 11.3 Å². The monoisotopic (exact) mass is 410 g/mol. The lowest BCUT2D eigenvalue weighted by molar-refractivity contribution is 0.0778. The molecule has 0 atom stereocenters. The van der Waals surface area contributed by atoms with Crippen molar-refractivity contribution >= 4 is 27.3 Å². The van der Waals surface area contributed by atoms with E-state index in [-0.39, 0.29) is 5.91 Å². The van der Waals surface area contributed by atoms with Crippen LogP contribution in [0.2, 0.25) is 0 Å². The number of benzene rings is 1. The molecule has 0 fully saturated rings. The summed E-state index contributed by atoms with van der Waals surface area (Å²) in [5.74, 6) is 0.747. The fraction of sp³-hybridized carbons (Fsp3) is 0.421. The van der Waals surface area contributed by atoms with E-state index in [9.17, 15) is 13.2 Å². The van der Waals surface area contributed by atoms with Gasteiger partial charge in [-0.25, -0.2) is 13.1 Å². The van der Waals surface area contributed by atoms with Crippen molar-refractivity contribution in [1.29, 1.82) is 0 Å². The minimum atomic E-state index is -3.19. The highest BCUT2D eigenvalue weighted by molar-refractivity contribution is 7.88. The Morgan fingerprint density at radius 2 is 1.85 bits per heavy atom. The van der Waals surface area contributed by atoms with Crippen molar-refractivity contribution in [2.24, 2.45) is 0 Å². The molecule has 1 heterocycles. The predicted molar refractivity (Wildman–Crippen MR) is 109 cm³/mol. The highest BCUT2D eigenvalue weighted by Gasteiger charge is 2.14. The molecule has 0 unspecified atom stereocenters. The van der Waals surface area contributed by atoms with Crippen LogP contribution in [0.5, 0.6) is 5.75 Å². The summed E-state index contributed by atoms with van der Waals surface area (Å²) >= 11 is 1.39. The van der Waals surface area contributed by atoms with E-state index in [4.69, 9.17) is 4.74 Å². The van der Waals surface area contributed by atoms with Crippen LogP contribution >= 0.6 is 11.3 Å². The van der Waals surface area contributed by atoms with Crippen molar-refractivity contribution in [2.75, 3.05) is 33.0 Å². The number of hydrogen-bond acceptors (Lipinski definition) is 5. The van der Waals surface area contributed by atoms with E-state index in [1.165, 1.54) is 11.3 Å². The first-order valence-corrected chi connectivity index (χ1v) is 11.3. The van der Waals surface area contributed by atoms with E-state index in [0.717, 1.165) is 28.0 Å². The van der Waals surface area contributed by atoms with Crippen LogP contribution in [-0.2, 0) is 16.4 Å². The molecule has 0 spiro atoms. The number of nitrogens with zero attached hydrogens (tertiary/aromatic N) is 1. The molecular formula is C19H26N2O4S2. The summed E-state index contributed by atoms with van der Waals surface area (Å²) in [6.07, 6.45) is 1.69. The van der Waals surface area contributed by atoms with Crippen molar-refractivity contribution in [3.63, 3.8) is 0 Å². The normalized spacial score (nSPS) is 11.4. The van der Waals surface area contributed by atoms with Gasteiger partial charge in [-0.3, -0.25) is 4.79 Å². The van der Waals surface area contributed by atoms with Crippen LogP contribution in [0, 0.1) is 13.8 Å². The summed E-state index contributed by atoms with van der Waals surface area (Å²) in [5.41, 5.74) is 2.29. The summed E-state index contributed by atoms with van der Waals surface area (Å²) in [5, 5.41) is 0. The third-order valence-corrected chi connectivity index (χ3v) is 5.71. The standard InChI is InChI=1S/C19H26N2O4S2/c1-14-11-15(2)13-16(12-14)25-10-9-21(3)19(22)18-6-5-17(26-18)7-8-20-27(4,23)24/h5-6,11-13,20H,7-10H2,1-4H3. The van der Waals surface area contributed by atoms with Crippen LogP contribution in [-0.4, -0.2) is 52.2 Å². The first-order chi connectivity index (χ1) is 12.6. The molecule has 1 aromatic heterocycles. The largest absolute Gasteiger partial charge is 0.492 e. The van der Waals surface area contributed by atoms with Crippen molar-refractivity contribution in [1.82, 2.24) is 9.62 Å². The van der Waals surface area contributed by atoms with Gasteiger partial charge in [-0.05, 0) is 55.7 Å². The van der Waals surface area contributed by atoms with Crippen molar-refractivity contribution in [3.05, 3.63) is 51.2 Å². The van der Waals surface area contributed by atoms with E-state index in [2.05, 4.69) is 10.8 Å². The van der Waals surface area contributed by atoms with Gasteiger partial charge in [0.05, 0.1) is 17.7 Å². The van der Waals surface area contributed by atoms with Crippen molar-refractivity contribution in [2.45, 2.75) is 20.3 Å². The van der Waals surface area contributed by atoms with Crippen LogP contribution in [0.1, 0.15) is 25.7 Å². The second-order valence-electron chi connectivity index (χ2n) is 6.58. The topological polar surface area (TPSA) is 75.7 Å². The Hall–Kier alpha value is -1.90. The second kappa shape index (κ2) is 9.34. The van der Waals surface area contributed by atoms with Gasteiger partial charge in [-0.1, -0.05) is 6.07 Å². The lowest BCUT2D eigenvalue weighted by atomic mass is 10.1. The van der Waals surface area contributed by atoms with E-state index in [1.54, 1.807) is 18.0 Å². The second-order valence-corrected chi connectivity index (χ2v) is 9.58. The highest BCUT2D eigenvalue weighted by Crippen LogP contribution is 2.19. The molecule has 0 radical (unpaired) electrons. The molecular weight excluding hydrogens is 384 g/mol. The molecule has 0 aliphatic rings. The fourth-order valence-corrected chi connectivity index (χ4v) is 4.07. The minimum absolute atomic E-state index is 0.0636. The lowest BCUT2D eigenvalue weighted by Crippen LogP contribution is -2.30. The highest BCUT2D eigenvalue weighted by atomic mass is 32.2. The van der Waals surface area contributed by atoms with Crippen LogP contribution in [0.3, 0.4) is 0 Å². The number of ether oxygens (including phenoxy) is 1. The van der Waals surface area contributed by atoms with Gasteiger partial charge in [0, 0.05) is 18.5 Å². The first-order valence-electron chi connectivity index (χ1n) is 8.64. The molecule has 0 aliphatic heterocycles. The number of nitrogens with one attached hydrogen (secondary N) is 1. The predicted octanol–water partition coefficient (Wildman–Crippen LogP) is 2.61. The third-order valence-electron chi connectivity index (χ3n) is 3.85. The zero-order valence-corrected chi connectivity index (χ0v) is 17.7. The molecule has 6 nitrogen and oxygen atoms in total. The number of hydrogen-bond donors (Lipinski definition) is 1. The van der Waals surface area contributed by atoms with Gasteiger partial charge >= 0.3 is 0 Å². The summed E-state index contributed by atoms with van der Waals surface area (Å²) in [6.45, 7) is 5.27. The summed E-state index contributed by atoms with van der Waals surface area (Å²) < 4.78 is 30.4. The Morgan fingerprint density at radius 1 is 1.19 bits per heavy atom. The third kappa shape index (κ3) is 7.32. The molecule has 27 heavy (non-hydrogen) atoms. The van der Waals surface area contributed by atoms with Crippen LogP contribution in [0.15, 0.2) is 30.3 Å². The van der Waals surface area contributed by atoms with Gasteiger partial charge in [-0.2, -0.15) is 0 Å². The number of rotatable bonds is 9. The number of carbonyl (C=O) groups excluding carboxylic acids is 1. The summed E-state index contributed by atoms with van der Waals surface area (Å²) in [4.78, 5) is 15.7. The molecule has 0 aliphatic carbocycles. The molecule has 1 N–H and O–H groups in total. The Balaban J connectivity index is 1.82. The van der Waals surface area contributed by atoms with Crippen molar-refractivity contribution in [3.8, 4) is 5.75 Å². The SMILES string of the molecule is Cc1cc(C)cc(OCCN(C)C(=O)c2ccc(CCNS(C)(=O)=O)s2)c1. The molecule has 0 bridgehead atoms. The first kappa shape index (κ1) is 21.4. The molecule has 0 saturated carbocycles. The maximum absolute atomic E-state index is 12.5. The van der Waals surface area contributed by atoms with Gasteiger partial charge in [0.1, 0.15) is 12.4 Å². The zero-order valence-electron chi connectivity index (χ0n) is 16.1. The minimum Gasteiger partial charge on any atom is -0.492 e. The van der Waals surface area contributed by atoms with E-state index in [1.807, 2.05) is 32.0 Å². The van der Waals surface area contributed by atoms with Crippen LogP contribution in [0.25, 0.3) is 0 Å². The number of likely N-dealkylation sites (N-methyl/N-ethyl adjacent to an activating group) is 1. The van der Waals surface area contributed by atoms with Gasteiger partial charge in [0.25, 0.3) is 5.91 Å². The number of thiophene rings is 1.